The lowest BCUT2D eigenvalue weighted by Crippen LogP contribution is -2.20. The van der Waals surface area contributed by atoms with Gasteiger partial charge in [0.1, 0.15) is 12.2 Å². The van der Waals surface area contributed by atoms with Gasteiger partial charge in [0.05, 0.1) is 20.1 Å². The van der Waals surface area contributed by atoms with Gasteiger partial charge in [0.15, 0.2) is 0 Å². The summed E-state index contributed by atoms with van der Waals surface area (Å²) < 4.78 is 0.892. The van der Waals surface area contributed by atoms with Gasteiger partial charge in [-0.25, -0.2) is 0 Å². The van der Waals surface area contributed by atoms with Crippen LogP contribution in [0.5, 0.6) is 0 Å². The van der Waals surface area contributed by atoms with E-state index in [0.717, 1.165) is 4.68 Å². The van der Waals surface area contributed by atoms with Crippen molar-refractivity contribution in [2.45, 2.75) is 13.5 Å². The Labute approximate surface area is 144 Å². The molecule has 0 aliphatic heterocycles. The number of nitrogens with one attached hydrogen (secondary N) is 1. The van der Waals surface area contributed by atoms with Gasteiger partial charge in [0.25, 0.3) is 0 Å². The Hall–Kier alpha value is -2.72. The number of hydrogen-bond donors (Lipinski definition) is 1. The molecule has 0 spiro atoms. The lowest BCUT2D eigenvalue weighted by atomic mass is 10.3. The number of amides is 1. The third-order valence-corrected chi connectivity index (χ3v) is 3.75. The van der Waals surface area contributed by atoms with Gasteiger partial charge in [0, 0.05) is 5.69 Å². The standard InChI is InChI=1S/C12H9Cl2N5O5/c1-6-11(18(21)22)12(19(23)24)16-17(6)5-10(20)15-7-2-3-8(13)9(14)4-7/h2-4H,5H2,1H3,(H,15,20). The minimum Gasteiger partial charge on any atom is -0.358 e. The molecule has 0 aliphatic rings. The highest BCUT2D eigenvalue weighted by atomic mass is 35.5. The summed E-state index contributed by atoms with van der Waals surface area (Å²) in [5.74, 6) is -1.51. The number of nitro groups is 2. The quantitative estimate of drug-likeness (QED) is 0.632. The van der Waals surface area contributed by atoms with Gasteiger partial charge in [-0.1, -0.05) is 23.2 Å². The van der Waals surface area contributed by atoms with Gasteiger partial charge in [-0.2, -0.15) is 4.68 Å². The molecule has 126 valence electrons. The van der Waals surface area contributed by atoms with Gasteiger partial charge in [-0.05, 0) is 30.0 Å². The molecule has 0 fully saturated rings. The van der Waals surface area contributed by atoms with Crippen molar-refractivity contribution in [3.05, 3.63) is 54.2 Å². The molecule has 1 aromatic heterocycles. The van der Waals surface area contributed by atoms with Gasteiger partial charge in [-0.3, -0.25) is 14.9 Å². The largest absolute Gasteiger partial charge is 0.468 e. The highest BCUT2D eigenvalue weighted by Gasteiger charge is 2.35. The van der Waals surface area contributed by atoms with Gasteiger partial charge < -0.3 is 15.4 Å². The van der Waals surface area contributed by atoms with Crippen LogP contribution in [0, 0.1) is 27.2 Å². The normalized spacial score (nSPS) is 10.5. The van der Waals surface area contributed by atoms with Crippen LogP contribution in [-0.4, -0.2) is 25.5 Å². The summed E-state index contributed by atoms with van der Waals surface area (Å²) in [4.78, 5) is 31.9. The molecule has 1 N–H and O–H groups in total. The van der Waals surface area contributed by atoms with Crippen molar-refractivity contribution in [1.82, 2.24) is 9.78 Å². The predicted octanol–water partition coefficient (Wildman–Crippen LogP) is 2.95. The van der Waals surface area contributed by atoms with E-state index in [1.54, 1.807) is 0 Å². The molecule has 10 nitrogen and oxygen atoms in total. The fourth-order valence-corrected chi connectivity index (χ4v) is 2.22. The Morgan fingerprint density at radius 2 is 1.92 bits per heavy atom. The Morgan fingerprint density at radius 3 is 2.42 bits per heavy atom. The van der Waals surface area contributed by atoms with E-state index in [1.165, 1.54) is 25.1 Å². The number of hydrogen-bond acceptors (Lipinski definition) is 6. The summed E-state index contributed by atoms with van der Waals surface area (Å²) in [6.45, 7) is 0.825. The molecule has 0 atom stereocenters. The first-order valence-corrected chi connectivity index (χ1v) is 7.07. The first kappa shape index (κ1) is 17.6. The van der Waals surface area contributed by atoms with Crippen molar-refractivity contribution >= 4 is 46.3 Å². The van der Waals surface area contributed by atoms with Crippen molar-refractivity contribution in [2.24, 2.45) is 0 Å². The third kappa shape index (κ3) is 3.60. The van der Waals surface area contributed by atoms with Crippen LogP contribution >= 0.6 is 23.2 Å². The molecule has 0 bridgehead atoms. The smallest absolute Gasteiger partial charge is 0.358 e. The lowest BCUT2D eigenvalue weighted by Gasteiger charge is -2.05. The number of anilines is 1. The van der Waals surface area contributed by atoms with E-state index in [9.17, 15) is 25.0 Å². The topological polar surface area (TPSA) is 133 Å². The fraction of sp³-hybridized carbons (Fsp3) is 0.167. The van der Waals surface area contributed by atoms with Crippen molar-refractivity contribution in [3.63, 3.8) is 0 Å². The number of nitrogens with zero attached hydrogens (tertiary/aromatic N) is 4. The Kier molecular flexibility index (Phi) is 5.00. The van der Waals surface area contributed by atoms with Gasteiger partial charge in [0.2, 0.25) is 5.91 Å². The van der Waals surface area contributed by atoms with Crippen LogP contribution < -0.4 is 5.32 Å². The summed E-state index contributed by atoms with van der Waals surface area (Å²) in [5.41, 5.74) is -0.499. The third-order valence-electron chi connectivity index (χ3n) is 3.01. The second kappa shape index (κ2) is 6.81. The average Bonchev–Trinajstić information content (AvgIpc) is 2.80. The van der Waals surface area contributed by atoms with Crippen LogP contribution in [0.2, 0.25) is 10.0 Å². The molecule has 0 radical (unpaired) electrons. The van der Waals surface area contributed by atoms with E-state index >= 15 is 0 Å². The van der Waals surface area contributed by atoms with Crippen LogP contribution in [0.1, 0.15) is 5.69 Å². The molecular weight excluding hydrogens is 365 g/mol. The Bertz CT molecular complexity index is 851. The molecule has 0 unspecified atom stereocenters. The zero-order valence-electron chi connectivity index (χ0n) is 12.0. The highest BCUT2D eigenvalue weighted by molar-refractivity contribution is 6.42. The SMILES string of the molecule is Cc1c([N+](=O)[O-])c([N+](=O)[O-])nn1CC(=O)Nc1ccc(Cl)c(Cl)c1. The second-order valence-corrected chi connectivity index (χ2v) is 5.42. The van der Waals surface area contributed by atoms with E-state index in [-0.39, 0.29) is 10.7 Å². The maximum Gasteiger partial charge on any atom is 0.468 e. The maximum absolute atomic E-state index is 12.0. The number of rotatable bonds is 5. The summed E-state index contributed by atoms with van der Waals surface area (Å²) in [5, 5.41) is 28.3. The second-order valence-electron chi connectivity index (χ2n) is 4.61. The van der Waals surface area contributed by atoms with Crippen LogP contribution in [0.3, 0.4) is 0 Å². The molecular formula is C12H9Cl2N5O5. The van der Waals surface area contributed by atoms with Gasteiger partial charge >= 0.3 is 11.5 Å². The molecule has 2 aromatic rings. The zero-order chi connectivity index (χ0) is 18.0. The van der Waals surface area contributed by atoms with Crippen molar-refractivity contribution in [1.29, 1.82) is 0 Å². The van der Waals surface area contributed by atoms with Crippen LogP contribution in [-0.2, 0) is 11.3 Å². The van der Waals surface area contributed by atoms with Crippen molar-refractivity contribution in [3.8, 4) is 0 Å². The number of halogens is 2. The van der Waals surface area contributed by atoms with E-state index in [4.69, 9.17) is 23.2 Å². The monoisotopic (exact) mass is 373 g/mol. The Morgan fingerprint density at radius 1 is 1.25 bits per heavy atom. The first-order chi connectivity index (χ1) is 11.2. The van der Waals surface area contributed by atoms with E-state index in [1.807, 2.05) is 0 Å². The summed E-state index contributed by atoms with van der Waals surface area (Å²) in [6, 6.07) is 4.41. The fourth-order valence-electron chi connectivity index (χ4n) is 1.92. The molecule has 1 amide bonds. The minimum absolute atomic E-state index is 0.101. The zero-order valence-corrected chi connectivity index (χ0v) is 13.5. The molecule has 0 saturated heterocycles. The predicted molar refractivity (Wildman–Crippen MR) is 85.4 cm³/mol. The molecule has 1 aromatic carbocycles. The highest BCUT2D eigenvalue weighted by Crippen LogP contribution is 2.29. The van der Waals surface area contributed by atoms with Gasteiger partial charge in [-0.15, -0.1) is 0 Å². The van der Waals surface area contributed by atoms with Crippen molar-refractivity contribution < 1.29 is 14.6 Å². The number of benzene rings is 1. The molecule has 0 saturated carbocycles. The van der Waals surface area contributed by atoms with Crippen molar-refractivity contribution in [2.75, 3.05) is 5.32 Å². The first-order valence-electron chi connectivity index (χ1n) is 6.31. The lowest BCUT2D eigenvalue weighted by molar-refractivity contribution is -0.424. The van der Waals surface area contributed by atoms with Crippen LogP contribution in [0.25, 0.3) is 0 Å². The number of carbonyl (C=O) groups excluding carboxylic acids is 1. The molecule has 1 heterocycles. The van der Waals surface area contributed by atoms with Crippen LogP contribution in [0.15, 0.2) is 18.2 Å². The van der Waals surface area contributed by atoms with E-state index in [2.05, 4.69) is 10.4 Å². The minimum atomic E-state index is -0.974. The summed E-state index contributed by atoms with van der Waals surface area (Å²) in [7, 11) is 0. The Balaban J connectivity index is 2.22. The molecule has 2 rings (SSSR count). The summed E-state index contributed by atoms with van der Waals surface area (Å²) in [6.07, 6.45) is 0. The summed E-state index contributed by atoms with van der Waals surface area (Å²) >= 11 is 11.6. The number of carbonyl (C=O) groups is 1. The molecule has 24 heavy (non-hydrogen) atoms. The molecule has 0 aliphatic carbocycles. The van der Waals surface area contributed by atoms with E-state index < -0.39 is 33.8 Å². The van der Waals surface area contributed by atoms with Crippen LogP contribution in [0.4, 0.5) is 17.2 Å². The van der Waals surface area contributed by atoms with E-state index in [0.29, 0.717) is 10.7 Å². The number of aromatic nitrogens is 2. The maximum atomic E-state index is 12.0. The average molecular weight is 374 g/mol. The molecule has 12 heteroatoms.